The van der Waals surface area contributed by atoms with Crippen molar-refractivity contribution < 1.29 is 14.5 Å². The molecule has 0 radical (unpaired) electrons. The monoisotopic (exact) mass is 410 g/mol. The van der Waals surface area contributed by atoms with Crippen molar-refractivity contribution in [3.63, 3.8) is 0 Å². The van der Waals surface area contributed by atoms with Gasteiger partial charge in [-0.2, -0.15) is 5.10 Å². The van der Waals surface area contributed by atoms with Gasteiger partial charge < -0.3 is 0 Å². The van der Waals surface area contributed by atoms with E-state index in [1.54, 1.807) is 36.4 Å². The molecule has 11 heteroatoms. The molecule has 2 aromatic carbocycles. The summed E-state index contributed by atoms with van der Waals surface area (Å²) in [5, 5.41) is 25.6. The van der Waals surface area contributed by atoms with Crippen molar-refractivity contribution in [2.75, 3.05) is 5.32 Å². The van der Waals surface area contributed by atoms with Crippen LogP contribution in [0.3, 0.4) is 0 Å². The van der Waals surface area contributed by atoms with Crippen molar-refractivity contribution in [3.05, 3.63) is 80.8 Å². The third kappa shape index (κ3) is 5.49. The van der Waals surface area contributed by atoms with Gasteiger partial charge in [-0.05, 0) is 18.2 Å². The molecule has 3 rings (SSSR count). The SMILES string of the molecule is O=C(Cc1nnc(NC(=O)c2ccccc2)s1)N/N=C\c1ccccc1[N+](=O)[O-]. The fourth-order valence-electron chi connectivity index (χ4n) is 2.25. The Kier molecular flexibility index (Phi) is 6.32. The van der Waals surface area contributed by atoms with E-state index >= 15 is 0 Å². The number of carbonyl (C=O) groups excluding carboxylic acids is 2. The maximum atomic E-state index is 12.1. The number of nitrogens with zero attached hydrogens (tertiary/aromatic N) is 4. The van der Waals surface area contributed by atoms with Crippen molar-refractivity contribution in [1.29, 1.82) is 0 Å². The Bertz CT molecular complexity index is 1070. The van der Waals surface area contributed by atoms with Crippen molar-refractivity contribution in [2.24, 2.45) is 5.10 Å². The lowest BCUT2D eigenvalue weighted by atomic mass is 10.2. The van der Waals surface area contributed by atoms with Crippen LogP contribution in [0.4, 0.5) is 10.8 Å². The highest BCUT2D eigenvalue weighted by Gasteiger charge is 2.13. The molecule has 0 saturated heterocycles. The van der Waals surface area contributed by atoms with E-state index in [9.17, 15) is 19.7 Å². The minimum absolute atomic E-state index is 0.104. The van der Waals surface area contributed by atoms with Crippen LogP contribution in [0, 0.1) is 10.1 Å². The maximum absolute atomic E-state index is 12.1. The molecule has 29 heavy (non-hydrogen) atoms. The molecule has 1 aromatic heterocycles. The highest BCUT2D eigenvalue weighted by Crippen LogP contribution is 2.17. The van der Waals surface area contributed by atoms with Gasteiger partial charge in [0.15, 0.2) is 0 Å². The lowest BCUT2D eigenvalue weighted by molar-refractivity contribution is -0.385. The molecular formula is C18H14N6O4S. The number of nitrogens with one attached hydrogen (secondary N) is 2. The number of benzene rings is 2. The number of hydrazone groups is 1. The molecule has 2 amide bonds. The van der Waals surface area contributed by atoms with Crippen molar-refractivity contribution in [3.8, 4) is 0 Å². The molecule has 146 valence electrons. The van der Waals surface area contributed by atoms with Crippen LogP contribution in [0.5, 0.6) is 0 Å². The molecular weight excluding hydrogens is 396 g/mol. The van der Waals surface area contributed by atoms with E-state index in [0.29, 0.717) is 10.6 Å². The van der Waals surface area contributed by atoms with Gasteiger partial charge in [-0.3, -0.25) is 25.0 Å². The first-order valence-electron chi connectivity index (χ1n) is 8.27. The molecule has 1 heterocycles. The van der Waals surface area contributed by atoms with E-state index in [4.69, 9.17) is 0 Å². The molecule has 0 fully saturated rings. The summed E-state index contributed by atoms with van der Waals surface area (Å²) >= 11 is 1.06. The Balaban J connectivity index is 1.54. The van der Waals surface area contributed by atoms with Gasteiger partial charge in [0.1, 0.15) is 5.01 Å². The Morgan fingerprint density at radius 2 is 1.83 bits per heavy atom. The minimum Gasteiger partial charge on any atom is -0.296 e. The normalized spacial score (nSPS) is 10.6. The lowest BCUT2D eigenvalue weighted by Gasteiger charge is -1.99. The van der Waals surface area contributed by atoms with E-state index in [2.05, 4.69) is 26.0 Å². The number of nitro groups is 1. The third-order valence-corrected chi connectivity index (χ3v) is 4.40. The number of para-hydroxylation sites is 1. The molecule has 0 saturated carbocycles. The highest BCUT2D eigenvalue weighted by atomic mass is 32.1. The molecule has 3 aromatic rings. The van der Waals surface area contributed by atoms with Gasteiger partial charge >= 0.3 is 0 Å². The van der Waals surface area contributed by atoms with E-state index < -0.39 is 10.8 Å². The van der Waals surface area contributed by atoms with Crippen molar-refractivity contribution >= 4 is 40.2 Å². The third-order valence-electron chi connectivity index (χ3n) is 3.56. The van der Waals surface area contributed by atoms with E-state index in [1.165, 1.54) is 24.4 Å². The van der Waals surface area contributed by atoms with Crippen LogP contribution in [-0.2, 0) is 11.2 Å². The topological polar surface area (TPSA) is 139 Å². The first-order valence-corrected chi connectivity index (χ1v) is 9.08. The van der Waals surface area contributed by atoms with Gasteiger partial charge in [-0.25, -0.2) is 5.43 Å². The predicted molar refractivity (Wildman–Crippen MR) is 107 cm³/mol. The van der Waals surface area contributed by atoms with E-state index in [-0.39, 0.29) is 28.7 Å². The fraction of sp³-hybridized carbons (Fsp3) is 0.0556. The van der Waals surface area contributed by atoms with Crippen LogP contribution in [0.2, 0.25) is 0 Å². The van der Waals surface area contributed by atoms with Crippen LogP contribution in [-0.4, -0.2) is 33.1 Å². The van der Waals surface area contributed by atoms with Gasteiger partial charge in [0.05, 0.1) is 23.1 Å². The van der Waals surface area contributed by atoms with Gasteiger partial charge in [0, 0.05) is 11.6 Å². The average molecular weight is 410 g/mol. The van der Waals surface area contributed by atoms with Crippen LogP contribution in [0.25, 0.3) is 0 Å². The molecule has 0 atom stereocenters. The number of anilines is 1. The largest absolute Gasteiger partial charge is 0.296 e. The van der Waals surface area contributed by atoms with E-state index in [0.717, 1.165) is 11.3 Å². The van der Waals surface area contributed by atoms with Gasteiger partial charge in [-0.15, -0.1) is 10.2 Å². The highest BCUT2D eigenvalue weighted by molar-refractivity contribution is 7.15. The van der Waals surface area contributed by atoms with Crippen LogP contribution in [0.1, 0.15) is 20.9 Å². The quantitative estimate of drug-likeness (QED) is 0.348. The second-order valence-electron chi connectivity index (χ2n) is 5.61. The van der Waals surface area contributed by atoms with Gasteiger partial charge in [0.2, 0.25) is 11.0 Å². The average Bonchev–Trinajstić information content (AvgIpc) is 3.15. The maximum Gasteiger partial charge on any atom is 0.278 e. The van der Waals surface area contributed by atoms with Crippen LogP contribution in [0.15, 0.2) is 59.7 Å². The number of hydrogen-bond donors (Lipinski definition) is 2. The second kappa shape index (κ2) is 9.28. The Labute approximate surface area is 168 Å². The number of nitro benzene ring substituents is 1. The lowest BCUT2D eigenvalue weighted by Crippen LogP contribution is -2.19. The summed E-state index contributed by atoms with van der Waals surface area (Å²) < 4.78 is 0. The Morgan fingerprint density at radius 1 is 1.10 bits per heavy atom. The van der Waals surface area contributed by atoms with Crippen LogP contribution >= 0.6 is 11.3 Å². The number of amides is 2. The molecule has 0 aliphatic heterocycles. The molecule has 10 nitrogen and oxygen atoms in total. The van der Waals surface area contributed by atoms with Crippen molar-refractivity contribution in [1.82, 2.24) is 15.6 Å². The number of rotatable bonds is 7. The smallest absolute Gasteiger partial charge is 0.278 e. The zero-order valence-corrected chi connectivity index (χ0v) is 15.6. The molecule has 0 aliphatic rings. The molecule has 0 unspecified atom stereocenters. The zero-order chi connectivity index (χ0) is 20.6. The Hall–Kier alpha value is -3.99. The predicted octanol–water partition coefficient (Wildman–Crippen LogP) is 2.39. The molecule has 0 aliphatic carbocycles. The zero-order valence-electron chi connectivity index (χ0n) is 14.8. The first-order chi connectivity index (χ1) is 14.0. The molecule has 0 bridgehead atoms. The molecule has 2 N–H and O–H groups in total. The molecule has 0 spiro atoms. The van der Waals surface area contributed by atoms with Gasteiger partial charge in [0.25, 0.3) is 11.6 Å². The Morgan fingerprint density at radius 3 is 2.59 bits per heavy atom. The minimum atomic E-state index is -0.532. The number of carbonyl (C=O) groups is 2. The number of aromatic nitrogens is 2. The fourth-order valence-corrected chi connectivity index (χ4v) is 2.98. The van der Waals surface area contributed by atoms with E-state index in [1.807, 2.05) is 0 Å². The standard InChI is InChI=1S/C18H14N6O4S/c25-15(21-19-11-13-8-4-5-9-14(13)24(27)28)10-16-22-23-18(29-16)20-17(26)12-6-2-1-3-7-12/h1-9,11H,10H2,(H,21,25)(H,20,23,26)/b19-11-. The summed E-state index contributed by atoms with van der Waals surface area (Å²) in [7, 11) is 0. The number of hydrogen-bond acceptors (Lipinski definition) is 8. The summed E-state index contributed by atoms with van der Waals surface area (Å²) in [6.07, 6.45) is 1.09. The van der Waals surface area contributed by atoms with Gasteiger partial charge in [-0.1, -0.05) is 41.7 Å². The first kappa shape index (κ1) is 19.8. The summed E-state index contributed by atoms with van der Waals surface area (Å²) in [5.41, 5.74) is 2.91. The summed E-state index contributed by atoms with van der Waals surface area (Å²) in [6, 6.07) is 14.7. The summed E-state index contributed by atoms with van der Waals surface area (Å²) in [4.78, 5) is 34.5. The van der Waals surface area contributed by atoms with Crippen molar-refractivity contribution in [2.45, 2.75) is 6.42 Å². The van der Waals surface area contributed by atoms with Crippen LogP contribution < -0.4 is 10.7 Å². The second-order valence-corrected chi connectivity index (χ2v) is 6.67. The summed E-state index contributed by atoms with van der Waals surface area (Å²) in [5.74, 6) is -0.802. The summed E-state index contributed by atoms with van der Waals surface area (Å²) in [6.45, 7) is 0.